The third-order valence-corrected chi connectivity index (χ3v) is 0.919. The van der Waals surface area contributed by atoms with Crippen LogP contribution in [0.3, 0.4) is 0 Å². The Bertz CT molecular complexity index is 83.1. The van der Waals surface area contributed by atoms with Gasteiger partial charge in [-0.15, -0.1) is 5.92 Å². The molecule has 0 aliphatic carbocycles. The fourth-order valence-corrected chi connectivity index (χ4v) is 0.377. The molecule has 1 atom stereocenters. The van der Waals surface area contributed by atoms with Crippen LogP contribution in [0.5, 0.6) is 0 Å². The Labute approximate surface area is 80.3 Å². The minimum Gasteiger partial charge on any atom is -0.542 e. The first-order valence-electron chi connectivity index (χ1n) is 2.62. The van der Waals surface area contributed by atoms with Gasteiger partial charge in [0.05, 0.1) is 0 Å². The summed E-state index contributed by atoms with van der Waals surface area (Å²) in [4.78, 5) is 19.5. The maximum atomic E-state index is 9.77. The Morgan fingerprint density at radius 1 is 1.67 bits per heavy atom. The Kier molecular flexibility index (Phi) is 11.4. The SMILES string of the molecule is CC([C-]=O)CCC=O.[Y]. The molecule has 9 heavy (non-hydrogen) atoms. The fraction of sp³-hybridized carbons (Fsp3) is 0.667. The van der Waals surface area contributed by atoms with Gasteiger partial charge in [0, 0.05) is 39.1 Å². The van der Waals surface area contributed by atoms with Crippen LogP contribution in [0.15, 0.2) is 0 Å². The van der Waals surface area contributed by atoms with E-state index in [2.05, 4.69) is 0 Å². The zero-order valence-corrected chi connectivity index (χ0v) is 8.30. The van der Waals surface area contributed by atoms with Gasteiger partial charge in [-0.1, -0.05) is 13.3 Å². The molecule has 3 heteroatoms. The standard InChI is InChI=1S/C6H9O2.Y/c1-6(5-8)3-2-4-7;/h4,6H,2-3H2,1H3;/q-1;. The van der Waals surface area contributed by atoms with Gasteiger partial charge in [-0.3, -0.25) is 6.29 Å². The number of rotatable bonds is 4. The van der Waals surface area contributed by atoms with Crippen molar-refractivity contribution < 1.29 is 42.3 Å². The van der Waals surface area contributed by atoms with Gasteiger partial charge in [-0.05, 0) is 0 Å². The summed E-state index contributed by atoms with van der Waals surface area (Å²) in [5.41, 5.74) is 0. The van der Waals surface area contributed by atoms with E-state index in [1.807, 2.05) is 0 Å². The molecule has 0 heterocycles. The van der Waals surface area contributed by atoms with Crippen LogP contribution in [-0.2, 0) is 42.3 Å². The van der Waals surface area contributed by atoms with E-state index in [4.69, 9.17) is 0 Å². The van der Waals surface area contributed by atoms with Crippen molar-refractivity contribution >= 4 is 12.6 Å². The van der Waals surface area contributed by atoms with Gasteiger partial charge in [0.2, 0.25) is 0 Å². The van der Waals surface area contributed by atoms with Crippen molar-refractivity contribution in [1.82, 2.24) is 0 Å². The van der Waals surface area contributed by atoms with Gasteiger partial charge in [0.25, 0.3) is 0 Å². The summed E-state index contributed by atoms with van der Waals surface area (Å²) in [6, 6.07) is 0. The zero-order chi connectivity index (χ0) is 6.41. The van der Waals surface area contributed by atoms with E-state index in [0.717, 1.165) is 6.29 Å². The predicted molar refractivity (Wildman–Crippen MR) is 30.2 cm³/mol. The Hall–Kier alpha value is 0.444. The van der Waals surface area contributed by atoms with E-state index in [1.165, 1.54) is 0 Å². The molecule has 0 fully saturated rings. The summed E-state index contributed by atoms with van der Waals surface area (Å²) in [6.45, 7) is 1.75. The Morgan fingerprint density at radius 3 is 2.56 bits per heavy atom. The predicted octanol–water partition coefficient (Wildman–Crippen LogP) is 0.709. The van der Waals surface area contributed by atoms with Gasteiger partial charge < -0.3 is 9.59 Å². The third kappa shape index (κ3) is 8.44. The molecule has 0 aromatic heterocycles. The maximum absolute atomic E-state index is 9.77. The van der Waals surface area contributed by atoms with E-state index >= 15 is 0 Å². The second kappa shape index (κ2) is 8.44. The van der Waals surface area contributed by atoms with Crippen LogP contribution in [0.1, 0.15) is 19.8 Å². The smallest absolute Gasteiger partial charge is 0.119 e. The summed E-state index contributed by atoms with van der Waals surface area (Å²) in [5.74, 6) is -0.0831. The summed E-state index contributed by atoms with van der Waals surface area (Å²) < 4.78 is 0. The van der Waals surface area contributed by atoms with Crippen LogP contribution in [0.25, 0.3) is 0 Å². The van der Waals surface area contributed by atoms with Crippen molar-refractivity contribution in [2.24, 2.45) is 5.92 Å². The third-order valence-electron chi connectivity index (χ3n) is 0.919. The largest absolute Gasteiger partial charge is 0.542 e. The monoisotopic (exact) mass is 202 g/mol. The van der Waals surface area contributed by atoms with Crippen LogP contribution in [0, 0.1) is 5.92 Å². The number of hydrogen-bond acceptors (Lipinski definition) is 2. The molecule has 0 rings (SSSR count). The number of carbonyl (C=O) groups is 1. The Morgan fingerprint density at radius 2 is 2.22 bits per heavy atom. The average molecular weight is 202 g/mol. The minimum atomic E-state index is -0.0831. The fourth-order valence-electron chi connectivity index (χ4n) is 0.377. The van der Waals surface area contributed by atoms with Gasteiger partial charge in [0.1, 0.15) is 6.29 Å². The molecular formula is C6H9O2Y-. The van der Waals surface area contributed by atoms with E-state index in [0.29, 0.717) is 12.8 Å². The normalized spacial score (nSPS) is 11.2. The van der Waals surface area contributed by atoms with Gasteiger partial charge in [-0.25, -0.2) is 0 Å². The molecule has 0 amide bonds. The van der Waals surface area contributed by atoms with Gasteiger partial charge >= 0.3 is 0 Å². The molecule has 0 aliphatic rings. The summed E-state index contributed by atoms with van der Waals surface area (Å²) in [5, 5.41) is 0. The molecule has 0 aromatic rings. The molecule has 0 aliphatic heterocycles. The Balaban J connectivity index is 0. The van der Waals surface area contributed by atoms with Gasteiger partial charge in [-0.2, -0.15) is 0 Å². The van der Waals surface area contributed by atoms with Crippen LogP contribution >= 0.6 is 0 Å². The number of hydrogen-bond donors (Lipinski definition) is 0. The zero-order valence-electron chi connectivity index (χ0n) is 5.46. The van der Waals surface area contributed by atoms with Crippen molar-refractivity contribution in [2.75, 3.05) is 0 Å². The molecule has 0 bridgehead atoms. The molecule has 1 radical (unpaired) electrons. The second-order valence-corrected chi connectivity index (χ2v) is 1.76. The minimum absolute atomic E-state index is 0. The van der Waals surface area contributed by atoms with Crippen molar-refractivity contribution in [3.05, 3.63) is 0 Å². The van der Waals surface area contributed by atoms with Crippen LogP contribution in [0.4, 0.5) is 0 Å². The summed E-state index contributed by atoms with van der Waals surface area (Å²) >= 11 is 0. The molecule has 0 N–H and O–H groups in total. The molecule has 0 saturated heterocycles. The topological polar surface area (TPSA) is 34.1 Å². The van der Waals surface area contributed by atoms with Crippen molar-refractivity contribution in [3.63, 3.8) is 0 Å². The molecule has 1 unspecified atom stereocenters. The van der Waals surface area contributed by atoms with Crippen molar-refractivity contribution in [2.45, 2.75) is 19.8 Å². The molecule has 49 valence electrons. The van der Waals surface area contributed by atoms with Crippen LogP contribution < -0.4 is 0 Å². The molecular weight excluding hydrogens is 193 g/mol. The van der Waals surface area contributed by atoms with Crippen LogP contribution in [0.2, 0.25) is 0 Å². The second-order valence-electron chi connectivity index (χ2n) is 1.76. The average Bonchev–Trinajstić information content (AvgIpc) is 1.83. The van der Waals surface area contributed by atoms with Crippen molar-refractivity contribution in [1.29, 1.82) is 0 Å². The van der Waals surface area contributed by atoms with Crippen LogP contribution in [-0.4, -0.2) is 12.6 Å². The number of carbonyl (C=O) groups excluding carboxylic acids is 2. The van der Waals surface area contributed by atoms with Crippen molar-refractivity contribution in [3.8, 4) is 0 Å². The van der Waals surface area contributed by atoms with E-state index < -0.39 is 0 Å². The molecule has 0 saturated carbocycles. The van der Waals surface area contributed by atoms with Gasteiger partial charge in [0.15, 0.2) is 0 Å². The summed E-state index contributed by atoms with van der Waals surface area (Å²) in [7, 11) is 0. The first-order valence-corrected chi connectivity index (χ1v) is 2.62. The molecule has 0 spiro atoms. The first-order chi connectivity index (χ1) is 3.81. The first kappa shape index (κ1) is 12.2. The van der Waals surface area contributed by atoms with E-state index in [1.54, 1.807) is 13.2 Å². The maximum Gasteiger partial charge on any atom is 0.119 e. The number of aldehydes is 1. The molecule has 0 aromatic carbocycles. The van der Waals surface area contributed by atoms with E-state index in [9.17, 15) is 9.59 Å². The summed E-state index contributed by atoms with van der Waals surface area (Å²) in [6.07, 6.45) is 3.70. The molecule has 2 nitrogen and oxygen atoms in total. The van der Waals surface area contributed by atoms with E-state index in [-0.39, 0.29) is 38.6 Å². The quantitative estimate of drug-likeness (QED) is 0.497.